The topological polar surface area (TPSA) is 135 Å². The number of anilines is 2. The van der Waals surface area contributed by atoms with Crippen molar-refractivity contribution in [1.82, 2.24) is 10.6 Å². The quantitative estimate of drug-likeness (QED) is 0.182. The van der Waals surface area contributed by atoms with E-state index in [4.69, 9.17) is 9.47 Å². The first kappa shape index (κ1) is 27.9. The predicted molar refractivity (Wildman–Crippen MR) is 157 cm³/mol. The Bertz CT molecular complexity index is 1520. The summed E-state index contributed by atoms with van der Waals surface area (Å²) >= 11 is 0. The van der Waals surface area contributed by atoms with Crippen molar-refractivity contribution in [2.45, 2.75) is 26.3 Å². The molecule has 4 amide bonds. The summed E-state index contributed by atoms with van der Waals surface area (Å²) in [5, 5.41) is 10.7. The summed E-state index contributed by atoms with van der Waals surface area (Å²) in [5.74, 6) is -0.590. The summed E-state index contributed by atoms with van der Waals surface area (Å²) in [6.07, 6.45) is -1.69. The van der Waals surface area contributed by atoms with Gasteiger partial charge in [-0.3, -0.25) is 9.59 Å². The van der Waals surface area contributed by atoms with E-state index in [9.17, 15) is 19.2 Å². The molecule has 42 heavy (non-hydrogen) atoms. The van der Waals surface area contributed by atoms with E-state index >= 15 is 0 Å². The number of benzene rings is 4. The predicted octanol–water partition coefficient (Wildman–Crippen LogP) is 5.56. The van der Waals surface area contributed by atoms with Gasteiger partial charge in [-0.1, -0.05) is 60.7 Å². The van der Waals surface area contributed by atoms with Crippen molar-refractivity contribution in [3.63, 3.8) is 0 Å². The monoisotopic (exact) mass is 564 g/mol. The van der Waals surface area contributed by atoms with Crippen molar-refractivity contribution in [1.29, 1.82) is 0 Å². The van der Waals surface area contributed by atoms with Crippen LogP contribution in [-0.4, -0.2) is 36.1 Å². The summed E-state index contributed by atoms with van der Waals surface area (Å²) in [6, 6.07) is 26.2. The Morgan fingerprint density at radius 3 is 1.36 bits per heavy atom. The van der Waals surface area contributed by atoms with Crippen LogP contribution in [0.5, 0.6) is 11.5 Å². The Morgan fingerprint density at radius 1 is 0.548 bits per heavy atom. The van der Waals surface area contributed by atoms with Crippen molar-refractivity contribution < 1.29 is 28.7 Å². The fourth-order valence-corrected chi connectivity index (χ4v) is 4.56. The van der Waals surface area contributed by atoms with Gasteiger partial charge in [0.05, 0.1) is 11.1 Å². The van der Waals surface area contributed by atoms with Gasteiger partial charge in [0.25, 0.3) is 0 Å². The third-order valence-corrected chi connectivity index (χ3v) is 6.34. The van der Waals surface area contributed by atoms with E-state index in [0.717, 1.165) is 0 Å². The van der Waals surface area contributed by atoms with E-state index in [2.05, 4.69) is 21.3 Å². The smallest absolute Gasteiger partial charge is 0.322 e. The molecule has 0 aromatic heterocycles. The number of ketones is 2. The summed E-state index contributed by atoms with van der Waals surface area (Å²) in [7, 11) is 0. The van der Waals surface area contributed by atoms with Gasteiger partial charge in [-0.05, 0) is 50.2 Å². The van der Waals surface area contributed by atoms with Crippen LogP contribution < -0.4 is 30.7 Å². The number of para-hydroxylation sites is 2. The molecule has 0 bridgehead atoms. The molecular weight excluding hydrogens is 536 g/mol. The third-order valence-electron chi connectivity index (χ3n) is 6.34. The van der Waals surface area contributed by atoms with Crippen LogP contribution in [0.4, 0.5) is 21.0 Å². The fourth-order valence-electron chi connectivity index (χ4n) is 4.56. The maximum atomic E-state index is 13.9. The second-order valence-corrected chi connectivity index (χ2v) is 9.46. The largest absolute Gasteiger partial charge is 0.470 e. The van der Waals surface area contributed by atoms with Crippen LogP contribution in [-0.2, 0) is 0 Å². The molecule has 5 rings (SSSR count). The molecule has 4 aromatic rings. The average molecular weight is 565 g/mol. The third kappa shape index (κ3) is 6.23. The zero-order valence-corrected chi connectivity index (χ0v) is 22.8. The lowest BCUT2D eigenvalue weighted by Gasteiger charge is -2.25. The van der Waals surface area contributed by atoms with Crippen LogP contribution in [0.3, 0.4) is 0 Å². The van der Waals surface area contributed by atoms with Gasteiger partial charge in [-0.2, -0.15) is 0 Å². The minimum Gasteiger partial charge on any atom is -0.470 e. The zero-order chi connectivity index (χ0) is 29.6. The molecule has 10 nitrogen and oxygen atoms in total. The standard InChI is InChI=1S/C32H28N4O6/c1-19(33-31(39)35-21-11-5-3-6-12-21)41-25-17-9-15-23-27(25)30(38)28-24(29(23)37)16-10-18-26(28)42-20(2)34-32(40)36-22-13-7-4-8-14-22/h3-20H,1-2H3,(H2,33,35,39)(H2,34,36,40). The van der Waals surface area contributed by atoms with Gasteiger partial charge in [0.1, 0.15) is 11.5 Å². The SMILES string of the molecule is CC(NC(=O)Nc1ccccc1)Oc1cccc2c1C(=O)c1c(OC(C)NC(=O)Nc3ccccc3)cccc1C2=O. The summed E-state index contributed by atoms with van der Waals surface area (Å²) in [6.45, 7) is 3.21. The van der Waals surface area contributed by atoms with Crippen LogP contribution in [0.1, 0.15) is 45.7 Å². The molecule has 0 saturated carbocycles. The molecule has 2 unspecified atom stereocenters. The molecular formula is C32H28N4O6. The van der Waals surface area contributed by atoms with Crippen LogP contribution in [0, 0.1) is 0 Å². The highest BCUT2D eigenvalue weighted by Gasteiger charge is 2.35. The first-order chi connectivity index (χ1) is 20.3. The van der Waals surface area contributed by atoms with Gasteiger partial charge in [-0.15, -0.1) is 0 Å². The molecule has 212 valence electrons. The summed E-state index contributed by atoms with van der Waals surface area (Å²) in [4.78, 5) is 52.2. The van der Waals surface area contributed by atoms with E-state index in [1.807, 2.05) is 12.1 Å². The van der Waals surface area contributed by atoms with E-state index in [-0.39, 0.29) is 39.5 Å². The molecule has 4 N–H and O–H groups in total. The number of carbonyl (C=O) groups excluding carboxylic acids is 4. The highest BCUT2D eigenvalue weighted by atomic mass is 16.5. The Kier molecular flexibility index (Phi) is 8.14. The van der Waals surface area contributed by atoms with Crippen molar-refractivity contribution in [2.75, 3.05) is 10.6 Å². The van der Waals surface area contributed by atoms with E-state index in [1.165, 1.54) is 0 Å². The first-order valence-electron chi connectivity index (χ1n) is 13.2. The number of carbonyl (C=O) groups is 4. The summed E-state index contributed by atoms with van der Waals surface area (Å²) in [5.41, 5.74) is 1.68. The fraction of sp³-hybridized carbons (Fsp3) is 0.125. The van der Waals surface area contributed by atoms with Crippen molar-refractivity contribution in [3.05, 3.63) is 119 Å². The van der Waals surface area contributed by atoms with Crippen LogP contribution >= 0.6 is 0 Å². The van der Waals surface area contributed by atoms with Gasteiger partial charge < -0.3 is 30.7 Å². The minimum absolute atomic E-state index is 0.0607. The molecule has 4 aromatic carbocycles. The maximum Gasteiger partial charge on any atom is 0.322 e. The Labute approximate surface area is 242 Å². The molecule has 1 aliphatic rings. The second kappa shape index (κ2) is 12.3. The molecule has 2 atom stereocenters. The molecule has 0 saturated heterocycles. The number of hydrogen-bond donors (Lipinski definition) is 4. The number of ether oxygens (including phenoxy) is 2. The normalized spacial score (nSPS) is 13.1. The van der Waals surface area contributed by atoms with Gasteiger partial charge in [0, 0.05) is 22.5 Å². The van der Waals surface area contributed by atoms with Gasteiger partial charge >= 0.3 is 12.1 Å². The number of rotatable bonds is 8. The van der Waals surface area contributed by atoms with Gasteiger partial charge in [-0.25, -0.2) is 9.59 Å². The van der Waals surface area contributed by atoms with Crippen LogP contribution in [0.25, 0.3) is 0 Å². The Morgan fingerprint density at radius 2 is 0.952 bits per heavy atom. The lowest BCUT2D eigenvalue weighted by atomic mass is 9.83. The molecule has 0 spiro atoms. The van der Waals surface area contributed by atoms with Gasteiger partial charge in [0.2, 0.25) is 5.78 Å². The minimum atomic E-state index is -0.844. The molecule has 0 fully saturated rings. The average Bonchev–Trinajstić information content (AvgIpc) is 2.96. The molecule has 0 aliphatic heterocycles. The zero-order valence-electron chi connectivity index (χ0n) is 22.8. The number of fused-ring (bicyclic) bond motifs is 2. The van der Waals surface area contributed by atoms with Crippen molar-refractivity contribution >= 4 is 35.0 Å². The van der Waals surface area contributed by atoms with Crippen molar-refractivity contribution in [3.8, 4) is 11.5 Å². The number of hydrogen-bond acceptors (Lipinski definition) is 6. The molecule has 1 aliphatic carbocycles. The maximum absolute atomic E-state index is 13.9. The Hall–Kier alpha value is -5.64. The van der Waals surface area contributed by atoms with E-state index in [0.29, 0.717) is 11.4 Å². The Balaban J connectivity index is 1.32. The molecule has 0 radical (unpaired) electrons. The van der Waals surface area contributed by atoms with E-state index < -0.39 is 30.3 Å². The first-order valence-corrected chi connectivity index (χ1v) is 13.2. The lowest BCUT2D eigenvalue weighted by Crippen LogP contribution is -2.40. The number of nitrogens with one attached hydrogen (secondary N) is 4. The van der Waals surface area contributed by atoms with Crippen LogP contribution in [0.2, 0.25) is 0 Å². The highest BCUT2D eigenvalue weighted by molar-refractivity contribution is 6.30. The molecule has 10 heteroatoms. The molecule has 0 heterocycles. The number of urea groups is 2. The van der Waals surface area contributed by atoms with Gasteiger partial charge in [0.15, 0.2) is 18.2 Å². The number of amides is 4. The highest BCUT2D eigenvalue weighted by Crippen LogP contribution is 2.37. The van der Waals surface area contributed by atoms with E-state index in [1.54, 1.807) is 98.8 Å². The van der Waals surface area contributed by atoms with Crippen LogP contribution in [0.15, 0.2) is 97.1 Å². The lowest BCUT2D eigenvalue weighted by molar-refractivity contribution is 0.0965. The second-order valence-electron chi connectivity index (χ2n) is 9.46. The summed E-state index contributed by atoms with van der Waals surface area (Å²) < 4.78 is 11.9. The van der Waals surface area contributed by atoms with Crippen molar-refractivity contribution in [2.24, 2.45) is 0 Å².